The average Bonchev–Trinajstić information content (AvgIpc) is 2.39. The first-order valence-corrected chi connectivity index (χ1v) is 8.06. The van der Waals surface area contributed by atoms with Gasteiger partial charge in [-0.3, -0.25) is 0 Å². The Hall–Kier alpha value is -0.420. The highest BCUT2D eigenvalue weighted by Gasteiger charge is 2.09. The largest absolute Gasteiger partial charge is 0.495 e. The summed E-state index contributed by atoms with van der Waals surface area (Å²) in [5, 5.41) is 4.36. The van der Waals surface area contributed by atoms with Gasteiger partial charge in [0.15, 0.2) is 0 Å². The first kappa shape index (κ1) is 16.0. The Labute approximate surface area is 144 Å². The highest BCUT2D eigenvalue weighted by atomic mass is 79.9. The lowest BCUT2D eigenvalue weighted by Gasteiger charge is -2.13. The maximum absolute atomic E-state index is 5.99. The van der Waals surface area contributed by atoms with E-state index in [0.717, 1.165) is 25.9 Å². The fourth-order valence-electron chi connectivity index (χ4n) is 1.78. The molecule has 2 aromatic rings. The molecule has 0 aliphatic carbocycles. The molecule has 0 amide bonds. The van der Waals surface area contributed by atoms with Crippen LogP contribution in [0.15, 0.2) is 39.3 Å². The highest BCUT2D eigenvalue weighted by molar-refractivity contribution is 9.11. The van der Waals surface area contributed by atoms with Gasteiger partial charge in [-0.15, -0.1) is 0 Å². The molecule has 0 bridgehead atoms. The van der Waals surface area contributed by atoms with Crippen molar-refractivity contribution < 1.29 is 4.74 Å². The minimum atomic E-state index is 0.527. The van der Waals surface area contributed by atoms with Gasteiger partial charge in [0, 0.05) is 22.3 Å². The van der Waals surface area contributed by atoms with E-state index in [9.17, 15) is 0 Å². The van der Waals surface area contributed by atoms with Crippen molar-refractivity contribution in [2.45, 2.75) is 6.54 Å². The molecule has 0 aliphatic heterocycles. The second-order valence-corrected chi connectivity index (χ2v) is 6.65. The molecule has 2 nitrogen and oxygen atoms in total. The number of anilines is 1. The summed E-state index contributed by atoms with van der Waals surface area (Å²) in [7, 11) is 1.65. The quantitative estimate of drug-likeness (QED) is 0.617. The lowest BCUT2D eigenvalue weighted by molar-refractivity contribution is 0.407. The van der Waals surface area contributed by atoms with Gasteiger partial charge in [0.25, 0.3) is 0 Å². The van der Waals surface area contributed by atoms with Gasteiger partial charge in [-0.1, -0.05) is 39.1 Å². The maximum Gasteiger partial charge on any atom is 0.138 e. The Balaban J connectivity index is 2.20. The number of benzene rings is 2. The molecular weight excluding hydrogens is 429 g/mol. The van der Waals surface area contributed by atoms with Gasteiger partial charge >= 0.3 is 0 Å². The van der Waals surface area contributed by atoms with Crippen molar-refractivity contribution in [3.05, 3.63) is 54.9 Å². The van der Waals surface area contributed by atoms with E-state index in [0.29, 0.717) is 16.6 Å². The van der Waals surface area contributed by atoms with Crippen LogP contribution >= 0.6 is 55.1 Å². The number of methoxy groups -OCH3 is 1. The summed E-state index contributed by atoms with van der Waals surface area (Å²) in [5.41, 5.74) is 1.93. The van der Waals surface area contributed by atoms with Crippen LogP contribution in [0.5, 0.6) is 5.75 Å². The second kappa shape index (κ2) is 7.03. The van der Waals surface area contributed by atoms with Crippen LogP contribution < -0.4 is 10.1 Å². The third-order valence-electron chi connectivity index (χ3n) is 2.69. The van der Waals surface area contributed by atoms with Crippen LogP contribution in [0, 0.1) is 0 Å². The van der Waals surface area contributed by atoms with Crippen molar-refractivity contribution in [2.24, 2.45) is 0 Å². The van der Waals surface area contributed by atoms with E-state index in [1.807, 2.05) is 18.2 Å². The van der Waals surface area contributed by atoms with E-state index >= 15 is 0 Å². The maximum atomic E-state index is 5.99. The minimum absolute atomic E-state index is 0.527. The van der Waals surface area contributed by atoms with Crippen LogP contribution in [0.2, 0.25) is 10.0 Å². The van der Waals surface area contributed by atoms with Gasteiger partial charge in [-0.05, 0) is 46.3 Å². The third kappa shape index (κ3) is 3.82. The molecule has 2 rings (SSSR count). The molecule has 1 N–H and O–H groups in total. The van der Waals surface area contributed by atoms with Gasteiger partial charge < -0.3 is 10.1 Å². The van der Waals surface area contributed by atoms with Crippen LogP contribution in [-0.2, 0) is 6.54 Å². The Morgan fingerprint density at radius 1 is 1.10 bits per heavy atom. The summed E-state index contributed by atoms with van der Waals surface area (Å²) >= 11 is 18.8. The van der Waals surface area contributed by atoms with E-state index in [2.05, 4.69) is 37.2 Å². The summed E-state index contributed by atoms with van der Waals surface area (Å²) in [6.07, 6.45) is 0. The minimum Gasteiger partial charge on any atom is -0.495 e. The molecule has 106 valence electrons. The molecule has 0 spiro atoms. The fourth-order valence-corrected chi connectivity index (χ4v) is 3.55. The first-order valence-electron chi connectivity index (χ1n) is 5.72. The van der Waals surface area contributed by atoms with Crippen molar-refractivity contribution in [3.63, 3.8) is 0 Å². The zero-order valence-electron chi connectivity index (χ0n) is 10.5. The van der Waals surface area contributed by atoms with Crippen LogP contribution in [0.3, 0.4) is 0 Å². The third-order valence-corrected chi connectivity index (χ3v) is 4.48. The Morgan fingerprint density at radius 3 is 2.50 bits per heavy atom. The molecule has 0 atom stereocenters. The number of hydrogen-bond donors (Lipinski definition) is 1. The van der Waals surface area contributed by atoms with E-state index in [1.54, 1.807) is 19.2 Å². The van der Waals surface area contributed by atoms with Crippen LogP contribution in [0.1, 0.15) is 5.56 Å². The molecular formula is C14H11Br2Cl2NO. The van der Waals surface area contributed by atoms with Crippen molar-refractivity contribution in [1.82, 2.24) is 0 Å². The van der Waals surface area contributed by atoms with Crippen molar-refractivity contribution >= 4 is 60.7 Å². The average molecular weight is 440 g/mol. The van der Waals surface area contributed by atoms with Crippen molar-refractivity contribution in [2.75, 3.05) is 12.4 Å². The van der Waals surface area contributed by atoms with E-state index in [4.69, 9.17) is 27.9 Å². The zero-order chi connectivity index (χ0) is 14.7. The van der Waals surface area contributed by atoms with Gasteiger partial charge in [-0.25, -0.2) is 0 Å². The molecule has 6 heteroatoms. The summed E-state index contributed by atoms with van der Waals surface area (Å²) in [5.74, 6) is 0.806. The Bertz CT molecular complexity index is 635. The monoisotopic (exact) mass is 437 g/mol. The predicted molar refractivity (Wildman–Crippen MR) is 92.2 cm³/mol. The molecule has 0 saturated heterocycles. The topological polar surface area (TPSA) is 21.3 Å². The molecule has 0 aromatic heterocycles. The Kier molecular flexibility index (Phi) is 5.61. The van der Waals surface area contributed by atoms with Gasteiger partial charge in [0.1, 0.15) is 5.75 Å². The SMILES string of the molecule is COc1c(Br)cc(Br)cc1CNc1ccc(Cl)c(Cl)c1. The Morgan fingerprint density at radius 2 is 1.85 bits per heavy atom. The predicted octanol–water partition coefficient (Wildman–Crippen LogP) is 6.14. The van der Waals surface area contributed by atoms with E-state index in [-0.39, 0.29) is 0 Å². The van der Waals surface area contributed by atoms with Gasteiger partial charge in [0.05, 0.1) is 21.6 Å². The smallest absolute Gasteiger partial charge is 0.138 e. The first-order chi connectivity index (χ1) is 9.51. The fraction of sp³-hybridized carbons (Fsp3) is 0.143. The van der Waals surface area contributed by atoms with Crippen molar-refractivity contribution in [3.8, 4) is 5.75 Å². The lowest BCUT2D eigenvalue weighted by Crippen LogP contribution is -2.02. The molecule has 0 saturated carbocycles. The molecule has 0 unspecified atom stereocenters. The number of hydrogen-bond acceptors (Lipinski definition) is 2. The van der Waals surface area contributed by atoms with Crippen LogP contribution in [0.4, 0.5) is 5.69 Å². The molecule has 2 aromatic carbocycles. The second-order valence-electron chi connectivity index (χ2n) is 4.06. The number of ether oxygens (including phenoxy) is 1. The molecule has 0 fully saturated rings. The highest BCUT2D eigenvalue weighted by Crippen LogP contribution is 2.33. The number of rotatable bonds is 4. The summed E-state index contributed by atoms with van der Waals surface area (Å²) in [4.78, 5) is 0. The van der Waals surface area contributed by atoms with Gasteiger partial charge in [0.2, 0.25) is 0 Å². The normalized spacial score (nSPS) is 10.4. The van der Waals surface area contributed by atoms with E-state index in [1.165, 1.54) is 0 Å². The molecule has 20 heavy (non-hydrogen) atoms. The summed E-state index contributed by atoms with van der Waals surface area (Å²) < 4.78 is 7.29. The molecule has 0 radical (unpaired) electrons. The zero-order valence-corrected chi connectivity index (χ0v) is 15.2. The molecule has 0 aliphatic rings. The number of nitrogens with one attached hydrogen (secondary N) is 1. The summed E-state index contributed by atoms with van der Waals surface area (Å²) in [6, 6.07) is 9.40. The molecule has 0 heterocycles. The van der Waals surface area contributed by atoms with E-state index < -0.39 is 0 Å². The van der Waals surface area contributed by atoms with Crippen molar-refractivity contribution in [1.29, 1.82) is 0 Å². The lowest BCUT2D eigenvalue weighted by atomic mass is 10.2. The van der Waals surface area contributed by atoms with Crippen LogP contribution in [0.25, 0.3) is 0 Å². The standard InChI is InChI=1S/C14H11Br2Cl2NO/c1-20-14-8(4-9(15)5-11(14)16)7-19-10-2-3-12(17)13(18)6-10/h2-6,19H,7H2,1H3. The summed E-state index contributed by atoms with van der Waals surface area (Å²) in [6.45, 7) is 0.610. The van der Waals surface area contributed by atoms with Gasteiger partial charge in [-0.2, -0.15) is 0 Å². The van der Waals surface area contributed by atoms with Crippen LogP contribution in [-0.4, -0.2) is 7.11 Å². The number of halogens is 4.